The molecule has 5 aromatic carbocycles. The summed E-state index contributed by atoms with van der Waals surface area (Å²) < 4.78 is 3.48. The Morgan fingerprint density at radius 2 is 0.889 bits per heavy atom. The maximum atomic E-state index is 14.1. The minimum atomic E-state index is -0.329. The molecule has 0 radical (unpaired) electrons. The van der Waals surface area contributed by atoms with Crippen molar-refractivity contribution in [3.63, 3.8) is 0 Å². The molecule has 0 saturated heterocycles. The fourth-order valence-electron chi connectivity index (χ4n) is 5.32. The van der Waals surface area contributed by atoms with Crippen molar-refractivity contribution in [2.45, 2.75) is 0 Å². The Morgan fingerprint density at radius 3 is 1.58 bits per heavy atom. The van der Waals surface area contributed by atoms with Crippen molar-refractivity contribution in [3.8, 4) is 11.4 Å². The molecule has 0 bridgehead atoms. The normalized spacial score (nSPS) is 11.6. The maximum absolute atomic E-state index is 14.1. The maximum Gasteiger partial charge on any atom is 0.266 e. The van der Waals surface area contributed by atoms with Crippen molar-refractivity contribution < 1.29 is 0 Å². The van der Waals surface area contributed by atoms with Crippen LogP contribution in [0.2, 0.25) is 0 Å². The second-order valence-electron chi connectivity index (χ2n) is 8.93. The summed E-state index contributed by atoms with van der Waals surface area (Å²) in [7, 11) is 0. The molecule has 0 spiro atoms. The van der Waals surface area contributed by atoms with Gasteiger partial charge < -0.3 is 4.57 Å². The number of fused-ring (bicyclic) bond motifs is 6. The Morgan fingerprint density at radius 1 is 0.361 bits per heavy atom. The quantitative estimate of drug-likeness (QED) is 0.289. The first-order valence-corrected chi connectivity index (χ1v) is 11.9. The molecule has 4 heteroatoms. The van der Waals surface area contributed by atoms with Crippen LogP contribution in [0.5, 0.6) is 0 Å². The zero-order valence-corrected chi connectivity index (χ0v) is 19.3. The Hall–Kier alpha value is -4.96. The summed E-state index contributed by atoms with van der Waals surface area (Å²) in [6, 6.07) is 39.1. The number of hydrogen-bond donors (Lipinski definition) is 0. The highest BCUT2D eigenvalue weighted by Gasteiger charge is 2.17. The Balaban J connectivity index is 1.77. The Kier molecular flexibility index (Phi) is 4.42. The van der Waals surface area contributed by atoms with Gasteiger partial charge in [0.05, 0.1) is 22.1 Å². The smallest absolute Gasteiger partial charge is 0.266 e. The first kappa shape index (κ1) is 20.4. The Bertz CT molecular complexity index is 2070. The lowest BCUT2D eigenvalue weighted by Crippen LogP contribution is -2.28. The van der Waals surface area contributed by atoms with Gasteiger partial charge >= 0.3 is 0 Å². The third kappa shape index (κ3) is 2.88. The highest BCUT2D eigenvalue weighted by atomic mass is 16.2. The molecule has 0 aliphatic carbocycles. The van der Waals surface area contributed by atoms with Crippen LogP contribution in [-0.2, 0) is 0 Å². The molecule has 36 heavy (non-hydrogen) atoms. The molecule has 0 amide bonds. The van der Waals surface area contributed by atoms with E-state index in [2.05, 4.69) is 34.9 Å². The van der Waals surface area contributed by atoms with Crippen LogP contribution in [0.1, 0.15) is 0 Å². The molecule has 0 atom stereocenters. The van der Waals surface area contributed by atoms with Gasteiger partial charge in [-0.1, -0.05) is 72.8 Å². The summed E-state index contributed by atoms with van der Waals surface area (Å²) in [6.07, 6.45) is 0. The predicted octanol–water partition coefficient (Wildman–Crippen LogP) is 6.60. The topological polar surface area (TPSA) is 44.0 Å². The van der Waals surface area contributed by atoms with Crippen molar-refractivity contribution in [1.29, 1.82) is 0 Å². The van der Waals surface area contributed by atoms with Gasteiger partial charge in [-0.25, -0.2) is 4.57 Å². The molecule has 7 aromatic rings. The lowest BCUT2D eigenvalue weighted by molar-refractivity contribution is 0.976. The lowest BCUT2D eigenvalue weighted by Gasteiger charge is -2.08. The summed E-state index contributed by atoms with van der Waals surface area (Å²) in [5.74, 6) is 0. The third-order valence-corrected chi connectivity index (χ3v) is 6.92. The van der Waals surface area contributed by atoms with Crippen LogP contribution in [0.4, 0.5) is 0 Å². The monoisotopic (exact) mass is 464 g/mol. The van der Waals surface area contributed by atoms with E-state index in [1.807, 2.05) is 72.8 Å². The molecule has 0 N–H and O–H groups in total. The number of nitrogens with zero attached hydrogens (tertiary/aromatic N) is 2. The average molecular weight is 465 g/mol. The summed E-state index contributed by atoms with van der Waals surface area (Å²) in [6.45, 7) is 0. The van der Waals surface area contributed by atoms with Crippen LogP contribution < -0.4 is 11.1 Å². The van der Waals surface area contributed by atoms with Gasteiger partial charge in [-0.2, -0.15) is 0 Å². The number of para-hydroxylation sites is 3. The van der Waals surface area contributed by atoms with Crippen molar-refractivity contribution in [2.24, 2.45) is 0 Å². The van der Waals surface area contributed by atoms with E-state index in [0.717, 1.165) is 38.3 Å². The highest BCUT2D eigenvalue weighted by Crippen LogP contribution is 2.35. The number of aromatic nitrogens is 2. The van der Waals surface area contributed by atoms with Crippen molar-refractivity contribution in [2.75, 3.05) is 0 Å². The molecule has 2 heterocycles. The average Bonchev–Trinajstić information content (AvgIpc) is 3.22. The minimum absolute atomic E-state index is 0.321. The second-order valence-corrected chi connectivity index (χ2v) is 8.93. The van der Waals surface area contributed by atoms with E-state index in [1.54, 1.807) is 18.2 Å². The van der Waals surface area contributed by atoms with Crippen LogP contribution in [0.15, 0.2) is 131 Å². The van der Waals surface area contributed by atoms with E-state index in [-0.39, 0.29) is 11.1 Å². The molecule has 0 fully saturated rings. The van der Waals surface area contributed by atoms with E-state index in [4.69, 9.17) is 0 Å². The van der Waals surface area contributed by atoms with Gasteiger partial charge in [0.1, 0.15) is 0 Å². The predicted molar refractivity (Wildman–Crippen MR) is 148 cm³/mol. The van der Waals surface area contributed by atoms with Gasteiger partial charge in [-0.3, -0.25) is 9.59 Å². The standard InChI is InChI=1S/C32H20N2O2/c35-31-25-17-8-7-15-23(25)26-19-27-24-16-9-10-18-29(24)33(21-11-3-1-4-12-21)30(27)20-28(26)32(36)34(31)22-13-5-2-6-14-22/h1-20H. The molecule has 0 aliphatic rings. The third-order valence-electron chi connectivity index (χ3n) is 6.92. The van der Waals surface area contributed by atoms with Crippen LogP contribution in [-0.4, -0.2) is 9.13 Å². The van der Waals surface area contributed by atoms with Crippen LogP contribution in [0, 0.1) is 0 Å². The highest BCUT2D eigenvalue weighted by molar-refractivity contribution is 6.17. The van der Waals surface area contributed by atoms with E-state index in [9.17, 15) is 9.59 Å². The van der Waals surface area contributed by atoms with Crippen molar-refractivity contribution in [3.05, 3.63) is 142 Å². The number of rotatable bonds is 2. The zero-order chi connectivity index (χ0) is 24.2. The van der Waals surface area contributed by atoms with Crippen molar-refractivity contribution in [1.82, 2.24) is 9.13 Å². The first-order valence-electron chi connectivity index (χ1n) is 11.9. The van der Waals surface area contributed by atoms with Gasteiger partial charge in [0.15, 0.2) is 0 Å². The molecule has 7 rings (SSSR count). The number of benzene rings is 5. The molecular weight excluding hydrogens is 444 g/mol. The summed E-state index contributed by atoms with van der Waals surface area (Å²) >= 11 is 0. The first-order chi connectivity index (χ1) is 17.7. The summed E-state index contributed by atoms with van der Waals surface area (Å²) in [5.41, 5.74) is 2.91. The van der Waals surface area contributed by atoms with Gasteiger partial charge in [0.25, 0.3) is 11.1 Å². The van der Waals surface area contributed by atoms with Crippen molar-refractivity contribution >= 4 is 43.4 Å². The van der Waals surface area contributed by atoms with E-state index >= 15 is 0 Å². The van der Waals surface area contributed by atoms with Gasteiger partial charge in [0.2, 0.25) is 0 Å². The van der Waals surface area contributed by atoms with E-state index in [1.165, 1.54) is 4.57 Å². The number of hydrogen-bond acceptors (Lipinski definition) is 2. The van der Waals surface area contributed by atoms with Gasteiger partial charge in [0, 0.05) is 21.8 Å². The molecule has 0 aliphatic heterocycles. The van der Waals surface area contributed by atoms with E-state index in [0.29, 0.717) is 16.5 Å². The van der Waals surface area contributed by atoms with Gasteiger partial charge in [-0.15, -0.1) is 0 Å². The second kappa shape index (κ2) is 7.79. The summed E-state index contributed by atoms with van der Waals surface area (Å²) in [4.78, 5) is 27.9. The van der Waals surface area contributed by atoms with Gasteiger partial charge in [-0.05, 0) is 59.3 Å². The van der Waals surface area contributed by atoms with E-state index < -0.39 is 0 Å². The molecule has 4 nitrogen and oxygen atoms in total. The molecule has 0 saturated carbocycles. The molecular formula is C32H20N2O2. The fourth-order valence-corrected chi connectivity index (χ4v) is 5.32. The summed E-state index contributed by atoms with van der Waals surface area (Å²) in [5, 5.41) is 4.69. The fraction of sp³-hybridized carbons (Fsp3) is 0. The molecule has 170 valence electrons. The minimum Gasteiger partial charge on any atom is -0.309 e. The van der Waals surface area contributed by atoms with Crippen LogP contribution in [0.3, 0.4) is 0 Å². The Labute approximate surface area is 205 Å². The largest absolute Gasteiger partial charge is 0.309 e. The lowest BCUT2D eigenvalue weighted by atomic mass is 10.0. The van der Waals surface area contributed by atoms with Crippen LogP contribution >= 0.6 is 0 Å². The molecule has 2 aromatic heterocycles. The molecule has 0 unspecified atom stereocenters. The zero-order valence-electron chi connectivity index (χ0n) is 19.3. The SMILES string of the molecule is O=c1c2ccccc2c2cc3c4ccccc4n(-c4ccccc4)c3cc2c(=O)n1-c1ccccc1. The van der Waals surface area contributed by atoms with Crippen LogP contribution in [0.25, 0.3) is 54.7 Å².